The van der Waals surface area contributed by atoms with E-state index in [2.05, 4.69) is 5.32 Å². The summed E-state index contributed by atoms with van der Waals surface area (Å²) in [4.78, 5) is 10.8. The van der Waals surface area contributed by atoms with Crippen LogP contribution in [0.3, 0.4) is 0 Å². The van der Waals surface area contributed by atoms with Crippen molar-refractivity contribution in [2.45, 2.75) is 26.1 Å². The molecule has 0 aliphatic heterocycles. The van der Waals surface area contributed by atoms with Gasteiger partial charge in [0.25, 0.3) is 0 Å². The molecule has 7 heteroatoms. The Morgan fingerprint density at radius 3 is 2.48 bits per heavy atom. The van der Waals surface area contributed by atoms with Gasteiger partial charge in [-0.2, -0.15) is 0 Å². The van der Waals surface area contributed by atoms with Gasteiger partial charge < -0.3 is 19.9 Å². The summed E-state index contributed by atoms with van der Waals surface area (Å²) < 4.78 is 11.1. The molecule has 25 heavy (non-hydrogen) atoms. The Morgan fingerprint density at radius 1 is 1.12 bits per heavy atom. The fraction of sp³-hybridized carbons (Fsp3) is 0.278. The molecule has 0 fully saturated rings. The van der Waals surface area contributed by atoms with Crippen LogP contribution in [0.15, 0.2) is 36.4 Å². The zero-order chi connectivity index (χ0) is 18.4. The van der Waals surface area contributed by atoms with Gasteiger partial charge in [-0.25, -0.2) is 0 Å². The standard InChI is InChI=1S/C18H19Cl2NO4/c1-11(18(22)23)21-9-12-4-6-16(17(8-12)24-2)25-10-13-3-5-14(19)15(20)7-13/h3-8,11,21H,9-10H2,1-2H3,(H,22,23). The molecule has 0 aliphatic carbocycles. The van der Waals surface area contributed by atoms with Gasteiger partial charge in [0.2, 0.25) is 0 Å². The second kappa shape index (κ2) is 8.94. The first kappa shape index (κ1) is 19.4. The Bertz CT molecular complexity index is 752. The normalized spacial score (nSPS) is 11.8. The van der Waals surface area contributed by atoms with Crippen LogP contribution in [-0.2, 0) is 17.9 Å². The summed E-state index contributed by atoms with van der Waals surface area (Å²) in [6.45, 7) is 2.33. The molecule has 0 aromatic heterocycles. The molecule has 1 atom stereocenters. The quantitative estimate of drug-likeness (QED) is 0.716. The number of methoxy groups -OCH3 is 1. The van der Waals surface area contributed by atoms with Crippen LogP contribution >= 0.6 is 23.2 Å². The lowest BCUT2D eigenvalue weighted by Gasteiger charge is -2.14. The highest BCUT2D eigenvalue weighted by atomic mass is 35.5. The van der Waals surface area contributed by atoms with E-state index in [0.29, 0.717) is 34.7 Å². The van der Waals surface area contributed by atoms with Gasteiger partial charge in [-0.1, -0.05) is 35.3 Å². The molecule has 0 saturated carbocycles. The van der Waals surface area contributed by atoms with Gasteiger partial charge in [0, 0.05) is 6.54 Å². The predicted molar refractivity (Wildman–Crippen MR) is 97.7 cm³/mol. The fourth-order valence-corrected chi connectivity index (χ4v) is 2.41. The third-order valence-electron chi connectivity index (χ3n) is 3.59. The van der Waals surface area contributed by atoms with Crippen molar-refractivity contribution in [1.82, 2.24) is 5.32 Å². The lowest BCUT2D eigenvalue weighted by molar-refractivity contribution is -0.139. The fourth-order valence-electron chi connectivity index (χ4n) is 2.09. The summed E-state index contributed by atoms with van der Waals surface area (Å²) in [6, 6.07) is 10.1. The Morgan fingerprint density at radius 2 is 1.84 bits per heavy atom. The summed E-state index contributed by atoms with van der Waals surface area (Å²) in [5.41, 5.74) is 1.78. The maximum absolute atomic E-state index is 10.8. The molecule has 0 radical (unpaired) electrons. The van der Waals surface area contributed by atoms with Gasteiger partial charge in [-0.3, -0.25) is 4.79 Å². The van der Waals surface area contributed by atoms with Crippen LogP contribution in [0, 0.1) is 0 Å². The molecule has 0 spiro atoms. The molecule has 0 saturated heterocycles. The number of halogens is 2. The van der Waals surface area contributed by atoms with Crippen LogP contribution in [0.1, 0.15) is 18.1 Å². The highest BCUT2D eigenvalue weighted by molar-refractivity contribution is 6.42. The first-order valence-electron chi connectivity index (χ1n) is 7.60. The Kier molecular flexibility index (Phi) is 6.93. The number of carboxylic acids is 1. The Balaban J connectivity index is 2.03. The summed E-state index contributed by atoms with van der Waals surface area (Å²) in [7, 11) is 1.55. The third kappa shape index (κ3) is 5.53. The van der Waals surface area contributed by atoms with Gasteiger partial charge in [0.1, 0.15) is 12.6 Å². The average Bonchev–Trinajstić information content (AvgIpc) is 2.60. The lowest BCUT2D eigenvalue weighted by atomic mass is 10.2. The van der Waals surface area contributed by atoms with Gasteiger partial charge in [0.15, 0.2) is 11.5 Å². The van der Waals surface area contributed by atoms with E-state index in [1.165, 1.54) is 0 Å². The van der Waals surface area contributed by atoms with E-state index in [1.807, 2.05) is 18.2 Å². The van der Waals surface area contributed by atoms with Gasteiger partial charge in [-0.15, -0.1) is 0 Å². The zero-order valence-electron chi connectivity index (χ0n) is 13.9. The van der Waals surface area contributed by atoms with Gasteiger partial charge >= 0.3 is 5.97 Å². The second-order valence-corrected chi connectivity index (χ2v) is 6.28. The SMILES string of the molecule is COc1cc(CNC(C)C(=O)O)ccc1OCc1ccc(Cl)c(Cl)c1. The highest BCUT2D eigenvalue weighted by Crippen LogP contribution is 2.29. The number of carboxylic acid groups (broad SMARTS) is 1. The Hall–Kier alpha value is -1.95. The van der Waals surface area contributed by atoms with Crippen molar-refractivity contribution in [3.05, 3.63) is 57.6 Å². The number of ether oxygens (including phenoxy) is 2. The molecule has 2 N–H and O–H groups in total. The first-order valence-corrected chi connectivity index (χ1v) is 8.36. The monoisotopic (exact) mass is 383 g/mol. The van der Waals surface area contributed by atoms with Crippen LogP contribution in [0.2, 0.25) is 10.0 Å². The van der Waals surface area contributed by atoms with E-state index in [-0.39, 0.29) is 0 Å². The minimum atomic E-state index is -0.895. The molecule has 134 valence electrons. The topological polar surface area (TPSA) is 67.8 Å². The summed E-state index contributed by atoms with van der Waals surface area (Å²) in [6.07, 6.45) is 0. The van der Waals surface area contributed by atoms with Gasteiger partial charge in [-0.05, 0) is 42.3 Å². The molecular weight excluding hydrogens is 365 g/mol. The summed E-state index contributed by atoms with van der Waals surface area (Å²) >= 11 is 11.9. The summed E-state index contributed by atoms with van der Waals surface area (Å²) in [5, 5.41) is 12.8. The molecule has 5 nitrogen and oxygen atoms in total. The molecule has 2 aromatic carbocycles. The molecular formula is C18H19Cl2NO4. The lowest BCUT2D eigenvalue weighted by Crippen LogP contribution is -2.33. The van der Waals surface area contributed by atoms with E-state index in [9.17, 15) is 4.79 Å². The molecule has 2 rings (SSSR count). The van der Waals surface area contributed by atoms with E-state index >= 15 is 0 Å². The van der Waals surface area contributed by atoms with Crippen molar-refractivity contribution in [3.63, 3.8) is 0 Å². The van der Waals surface area contributed by atoms with E-state index < -0.39 is 12.0 Å². The smallest absolute Gasteiger partial charge is 0.320 e. The number of carbonyl (C=O) groups is 1. The maximum atomic E-state index is 10.8. The predicted octanol–water partition coefficient (Wildman–Crippen LogP) is 4.14. The first-order chi connectivity index (χ1) is 11.9. The number of benzene rings is 2. The molecule has 0 heterocycles. The van der Waals surface area contributed by atoms with Gasteiger partial charge in [0.05, 0.1) is 17.2 Å². The molecule has 0 bridgehead atoms. The number of nitrogens with one attached hydrogen (secondary N) is 1. The van der Waals surface area contributed by atoms with Crippen LogP contribution in [0.25, 0.3) is 0 Å². The largest absolute Gasteiger partial charge is 0.493 e. The van der Waals surface area contributed by atoms with Crippen LogP contribution in [-0.4, -0.2) is 24.2 Å². The van der Waals surface area contributed by atoms with Crippen molar-refractivity contribution in [2.75, 3.05) is 7.11 Å². The minimum absolute atomic E-state index is 0.320. The molecule has 0 aliphatic rings. The van der Waals surface area contributed by atoms with E-state index in [4.69, 9.17) is 37.8 Å². The minimum Gasteiger partial charge on any atom is -0.493 e. The van der Waals surface area contributed by atoms with E-state index in [1.54, 1.807) is 32.2 Å². The second-order valence-electron chi connectivity index (χ2n) is 5.46. The summed E-state index contributed by atoms with van der Waals surface area (Å²) in [5.74, 6) is 0.263. The van der Waals surface area contributed by atoms with Crippen molar-refractivity contribution >= 4 is 29.2 Å². The average molecular weight is 384 g/mol. The van der Waals surface area contributed by atoms with Crippen molar-refractivity contribution in [1.29, 1.82) is 0 Å². The molecule has 0 amide bonds. The molecule has 1 unspecified atom stereocenters. The number of hydrogen-bond acceptors (Lipinski definition) is 4. The Labute approximate surface area is 156 Å². The van der Waals surface area contributed by atoms with Crippen LogP contribution in [0.5, 0.6) is 11.5 Å². The highest BCUT2D eigenvalue weighted by Gasteiger charge is 2.11. The van der Waals surface area contributed by atoms with E-state index in [0.717, 1.165) is 11.1 Å². The number of rotatable bonds is 8. The van der Waals surface area contributed by atoms with Crippen molar-refractivity contribution < 1.29 is 19.4 Å². The third-order valence-corrected chi connectivity index (χ3v) is 4.33. The number of aliphatic carboxylic acids is 1. The number of hydrogen-bond donors (Lipinski definition) is 2. The van der Waals surface area contributed by atoms with Crippen LogP contribution < -0.4 is 14.8 Å². The van der Waals surface area contributed by atoms with Crippen molar-refractivity contribution in [3.8, 4) is 11.5 Å². The maximum Gasteiger partial charge on any atom is 0.320 e. The molecule has 2 aromatic rings. The van der Waals surface area contributed by atoms with Crippen molar-refractivity contribution in [2.24, 2.45) is 0 Å². The van der Waals surface area contributed by atoms with Crippen LogP contribution in [0.4, 0.5) is 0 Å². The zero-order valence-corrected chi connectivity index (χ0v) is 15.4.